The summed E-state index contributed by atoms with van der Waals surface area (Å²) < 4.78 is 27.5. The quantitative estimate of drug-likeness (QED) is 0.0703. The van der Waals surface area contributed by atoms with Gasteiger partial charge in [-0.1, -0.05) is 129 Å². The van der Waals surface area contributed by atoms with Crippen LogP contribution in [0.2, 0.25) is 0 Å². The molecule has 2 aromatic rings. The summed E-state index contributed by atoms with van der Waals surface area (Å²) in [4.78, 5) is 79.2. The van der Waals surface area contributed by atoms with Gasteiger partial charge in [0.05, 0.1) is 61.8 Å². The van der Waals surface area contributed by atoms with E-state index in [9.17, 15) is 33.9 Å². The Bertz CT molecular complexity index is 1760. The number of carboxylic acid groups (broad SMARTS) is 1. The molecule has 1 N–H and O–H groups in total. The largest absolute Gasteiger partial charge is 0.481 e. The van der Waals surface area contributed by atoms with Crippen LogP contribution in [-0.4, -0.2) is 109 Å². The van der Waals surface area contributed by atoms with E-state index in [1.807, 2.05) is 137 Å². The lowest BCUT2D eigenvalue weighted by molar-refractivity contribution is -0.161. The van der Waals surface area contributed by atoms with Gasteiger partial charge in [-0.2, -0.15) is 0 Å². The van der Waals surface area contributed by atoms with E-state index in [1.165, 1.54) is 7.11 Å². The monoisotopic (exact) mass is 927 g/mol. The standard InChI is InChI=1S/C28H45NO6.C24H37NO6/c1-10-20(4)26(23(33-9)17-25(31)35-28(5,6)7)29(8)27(32)22(19(2)3)16-24(30)34-18-21-14-12-11-13-15-21;1-7-17(4)23(20(30-6)14-21(26)27)25(5)24(29)19(16(2)3)13-22(28)31-15-18-11-9-8-10-12-18/h11-15,19-20,22-23,26H,10,16-18H2,1-9H3;8-12,16-17,19-20,23H,7,13-15H2,1-6H3,(H,26,27)/t20-,22-,23?,26-;17-,19-,20?,23-/m00/s1. The van der Waals surface area contributed by atoms with E-state index in [-0.39, 0.29) is 86.4 Å². The Morgan fingerprint density at radius 1 is 0.561 bits per heavy atom. The van der Waals surface area contributed by atoms with Gasteiger partial charge in [-0.05, 0) is 55.6 Å². The molecule has 2 unspecified atom stereocenters. The summed E-state index contributed by atoms with van der Waals surface area (Å²) in [5.74, 6) is -3.74. The second-order valence-corrected chi connectivity index (χ2v) is 19.0. The molecule has 0 aliphatic carbocycles. The third-order valence-electron chi connectivity index (χ3n) is 12.1. The second-order valence-electron chi connectivity index (χ2n) is 19.0. The van der Waals surface area contributed by atoms with Gasteiger partial charge in [0.2, 0.25) is 11.8 Å². The molecule has 0 bridgehead atoms. The first kappa shape index (κ1) is 59.2. The molecule has 0 saturated heterocycles. The number of benzene rings is 2. The maximum Gasteiger partial charge on any atom is 0.309 e. The van der Waals surface area contributed by atoms with E-state index in [0.29, 0.717) is 0 Å². The van der Waals surface area contributed by atoms with Gasteiger partial charge >= 0.3 is 23.9 Å². The van der Waals surface area contributed by atoms with Crippen molar-refractivity contribution in [1.29, 1.82) is 0 Å². The van der Waals surface area contributed by atoms with Crippen LogP contribution in [0.1, 0.15) is 126 Å². The lowest BCUT2D eigenvalue weighted by Crippen LogP contribution is -2.52. The predicted octanol–water partition coefficient (Wildman–Crippen LogP) is 8.77. The average Bonchev–Trinajstić information content (AvgIpc) is 3.27. The van der Waals surface area contributed by atoms with Crippen LogP contribution in [0.4, 0.5) is 0 Å². The molecule has 0 radical (unpaired) electrons. The first-order chi connectivity index (χ1) is 30.9. The highest BCUT2D eigenvalue weighted by atomic mass is 16.6. The predicted molar refractivity (Wildman–Crippen MR) is 255 cm³/mol. The lowest BCUT2D eigenvalue weighted by atomic mass is 9.87. The van der Waals surface area contributed by atoms with E-state index in [1.54, 1.807) is 31.0 Å². The number of amides is 2. The minimum absolute atomic E-state index is 0.00931. The SMILES string of the molecule is CC[C@H](C)[C@@H](C(CC(=O)O)OC)N(C)C(=O)[C@@H](CC(=O)OCc1ccccc1)C(C)C.CC[C@H](C)[C@@H](C(CC(=O)OC(C)(C)C)OC)N(C)C(=O)[C@@H](CC(=O)OCc1ccccc1)C(C)C. The fraction of sp³-hybridized carbons (Fsp3) is 0.654. The highest BCUT2D eigenvalue weighted by Gasteiger charge is 2.40. The number of hydrogen-bond donors (Lipinski definition) is 1. The van der Waals surface area contributed by atoms with Crippen LogP contribution in [0.5, 0.6) is 0 Å². The Hall–Kier alpha value is -4.82. The van der Waals surface area contributed by atoms with Crippen molar-refractivity contribution in [3.63, 3.8) is 0 Å². The van der Waals surface area contributed by atoms with E-state index in [0.717, 1.165) is 24.0 Å². The van der Waals surface area contributed by atoms with Crippen LogP contribution in [0.25, 0.3) is 0 Å². The van der Waals surface area contributed by atoms with Crippen LogP contribution in [0, 0.1) is 35.5 Å². The van der Waals surface area contributed by atoms with E-state index >= 15 is 0 Å². The van der Waals surface area contributed by atoms with Crippen molar-refractivity contribution in [2.24, 2.45) is 35.5 Å². The molecule has 0 spiro atoms. The molecule has 372 valence electrons. The maximum atomic E-state index is 13.6. The van der Waals surface area contributed by atoms with Gasteiger partial charge in [-0.25, -0.2) is 0 Å². The number of likely N-dealkylation sites (N-methyl/N-ethyl adjacent to an activating group) is 2. The highest BCUT2D eigenvalue weighted by Crippen LogP contribution is 2.29. The van der Waals surface area contributed by atoms with Crippen LogP contribution < -0.4 is 0 Å². The molecule has 0 aliphatic heterocycles. The van der Waals surface area contributed by atoms with Crippen molar-refractivity contribution >= 4 is 35.7 Å². The maximum absolute atomic E-state index is 13.6. The Labute approximate surface area is 395 Å². The van der Waals surface area contributed by atoms with Gasteiger partial charge in [0, 0.05) is 28.3 Å². The minimum atomic E-state index is -0.981. The number of esters is 3. The van der Waals surface area contributed by atoms with Gasteiger partial charge in [-0.15, -0.1) is 0 Å². The van der Waals surface area contributed by atoms with Gasteiger partial charge in [0.25, 0.3) is 0 Å². The summed E-state index contributed by atoms with van der Waals surface area (Å²) in [6.45, 7) is 21.5. The number of ether oxygens (including phenoxy) is 5. The fourth-order valence-electron chi connectivity index (χ4n) is 7.87. The van der Waals surface area contributed by atoms with Crippen LogP contribution in [0.15, 0.2) is 60.7 Å². The lowest BCUT2D eigenvalue weighted by Gasteiger charge is -2.39. The molecule has 2 aromatic carbocycles. The summed E-state index contributed by atoms with van der Waals surface area (Å²) in [7, 11) is 6.40. The van der Waals surface area contributed by atoms with Gasteiger partial charge < -0.3 is 38.6 Å². The van der Waals surface area contributed by atoms with Crippen molar-refractivity contribution in [3.05, 3.63) is 71.8 Å². The zero-order valence-corrected chi connectivity index (χ0v) is 42.5. The molecule has 0 aliphatic rings. The summed E-state index contributed by atoms with van der Waals surface area (Å²) in [6.07, 6.45) is 0.170. The molecule has 8 atom stereocenters. The summed E-state index contributed by atoms with van der Waals surface area (Å²) >= 11 is 0. The number of rotatable bonds is 26. The highest BCUT2D eigenvalue weighted by molar-refractivity contribution is 5.85. The number of nitrogens with zero attached hydrogens (tertiary/aromatic N) is 2. The smallest absolute Gasteiger partial charge is 0.309 e. The zero-order valence-electron chi connectivity index (χ0n) is 42.5. The summed E-state index contributed by atoms with van der Waals surface area (Å²) in [5.41, 5.74) is 1.17. The number of aliphatic carboxylic acids is 1. The Morgan fingerprint density at radius 3 is 1.20 bits per heavy atom. The number of methoxy groups -OCH3 is 2. The van der Waals surface area contributed by atoms with E-state index in [4.69, 9.17) is 23.7 Å². The molecular formula is C52H82N2O12. The van der Waals surface area contributed by atoms with Crippen molar-refractivity contribution in [3.8, 4) is 0 Å². The molecule has 0 fully saturated rings. The topological polar surface area (TPSA) is 175 Å². The molecule has 0 saturated carbocycles. The molecule has 0 aromatic heterocycles. The Morgan fingerprint density at radius 2 is 0.909 bits per heavy atom. The molecular weight excluding hydrogens is 845 g/mol. The fourth-order valence-corrected chi connectivity index (χ4v) is 7.87. The van der Waals surface area contributed by atoms with Crippen LogP contribution in [-0.2, 0) is 65.7 Å². The van der Waals surface area contributed by atoms with Gasteiger partial charge in [0.1, 0.15) is 18.8 Å². The van der Waals surface area contributed by atoms with Crippen molar-refractivity contribution in [2.75, 3.05) is 28.3 Å². The van der Waals surface area contributed by atoms with Crippen LogP contribution >= 0.6 is 0 Å². The summed E-state index contributed by atoms with van der Waals surface area (Å²) in [6, 6.07) is 18.1. The molecule has 14 heteroatoms. The third-order valence-corrected chi connectivity index (χ3v) is 12.1. The van der Waals surface area contributed by atoms with Gasteiger partial charge in [0.15, 0.2) is 0 Å². The Kier molecular flexibility index (Phi) is 26.7. The van der Waals surface area contributed by atoms with Crippen LogP contribution in [0.3, 0.4) is 0 Å². The first-order valence-electron chi connectivity index (χ1n) is 23.3. The van der Waals surface area contributed by atoms with Crippen molar-refractivity contribution in [2.45, 2.75) is 158 Å². The molecule has 2 rings (SSSR count). The van der Waals surface area contributed by atoms with E-state index < -0.39 is 53.6 Å². The van der Waals surface area contributed by atoms with E-state index in [2.05, 4.69) is 0 Å². The number of carboxylic acids is 1. The first-order valence-corrected chi connectivity index (χ1v) is 23.3. The summed E-state index contributed by atoms with van der Waals surface area (Å²) in [5, 5.41) is 9.26. The van der Waals surface area contributed by atoms with Crippen molar-refractivity contribution < 1.29 is 57.6 Å². The average molecular weight is 927 g/mol. The molecule has 2 amide bonds. The Balaban J connectivity index is 0.000000665. The molecule has 14 nitrogen and oxygen atoms in total. The van der Waals surface area contributed by atoms with Crippen molar-refractivity contribution in [1.82, 2.24) is 9.80 Å². The third kappa shape index (κ3) is 20.8. The van der Waals surface area contributed by atoms with Gasteiger partial charge in [-0.3, -0.25) is 28.8 Å². The molecule has 0 heterocycles. The molecule has 66 heavy (non-hydrogen) atoms. The number of carbonyl (C=O) groups is 6. The zero-order chi connectivity index (χ0) is 50.3. The normalized spacial score (nSPS) is 15.1. The second kappa shape index (κ2) is 29.7. The number of carbonyl (C=O) groups excluding carboxylic acids is 5. The number of hydrogen-bond acceptors (Lipinski definition) is 11. The minimum Gasteiger partial charge on any atom is -0.481 e.